The number of hydrogen-bond donors (Lipinski definition) is 0. The molecule has 0 aliphatic carbocycles. The standard InChI is InChI=1S/C20H16O6/c1-13-2-7-17-15(9-19(22)26-18(17)8-13)11-25-20(23)12-24-16-5-3-14(10-21)4-6-16/h2-10H,11-12H2,1H3. The van der Waals surface area contributed by atoms with Crippen LogP contribution in [0.1, 0.15) is 21.5 Å². The van der Waals surface area contributed by atoms with Gasteiger partial charge < -0.3 is 13.9 Å². The van der Waals surface area contributed by atoms with E-state index in [0.29, 0.717) is 27.8 Å². The number of aldehydes is 1. The minimum absolute atomic E-state index is 0.0581. The van der Waals surface area contributed by atoms with Crippen molar-refractivity contribution in [3.63, 3.8) is 0 Å². The van der Waals surface area contributed by atoms with E-state index in [1.807, 2.05) is 19.1 Å². The van der Waals surface area contributed by atoms with E-state index in [2.05, 4.69) is 0 Å². The van der Waals surface area contributed by atoms with Gasteiger partial charge in [0.05, 0.1) is 0 Å². The SMILES string of the molecule is Cc1ccc2c(COC(=O)COc3ccc(C=O)cc3)cc(=O)oc2c1. The molecule has 1 aromatic heterocycles. The molecule has 0 radical (unpaired) electrons. The van der Waals surface area contributed by atoms with Gasteiger partial charge in [0.15, 0.2) is 6.61 Å². The molecule has 6 heteroatoms. The van der Waals surface area contributed by atoms with Crippen molar-refractivity contribution < 1.29 is 23.5 Å². The highest BCUT2D eigenvalue weighted by molar-refractivity contribution is 5.81. The van der Waals surface area contributed by atoms with Gasteiger partial charge in [0.1, 0.15) is 24.2 Å². The van der Waals surface area contributed by atoms with Gasteiger partial charge in [-0.25, -0.2) is 9.59 Å². The summed E-state index contributed by atoms with van der Waals surface area (Å²) in [4.78, 5) is 34.1. The average molecular weight is 352 g/mol. The normalized spacial score (nSPS) is 10.5. The van der Waals surface area contributed by atoms with Gasteiger partial charge in [-0.2, -0.15) is 0 Å². The van der Waals surface area contributed by atoms with E-state index in [1.165, 1.54) is 6.07 Å². The largest absolute Gasteiger partial charge is 0.482 e. The second kappa shape index (κ2) is 7.65. The molecule has 26 heavy (non-hydrogen) atoms. The molecule has 2 aromatic carbocycles. The lowest BCUT2D eigenvalue weighted by molar-refractivity contribution is -0.147. The zero-order valence-electron chi connectivity index (χ0n) is 14.1. The number of rotatable bonds is 6. The van der Waals surface area contributed by atoms with Crippen molar-refractivity contribution in [1.29, 1.82) is 0 Å². The number of carbonyl (C=O) groups excluding carboxylic acids is 2. The molecule has 0 unspecified atom stereocenters. The zero-order chi connectivity index (χ0) is 18.5. The molecule has 3 aromatic rings. The number of hydrogen-bond acceptors (Lipinski definition) is 6. The molecular formula is C20H16O6. The molecule has 3 rings (SSSR count). The first kappa shape index (κ1) is 17.4. The summed E-state index contributed by atoms with van der Waals surface area (Å²) in [7, 11) is 0. The Bertz CT molecular complexity index is 1000. The maximum Gasteiger partial charge on any atom is 0.344 e. The summed E-state index contributed by atoms with van der Waals surface area (Å²) in [5.74, 6) is -0.119. The van der Waals surface area contributed by atoms with E-state index < -0.39 is 11.6 Å². The second-order valence-electron chi connectivity index (χ2n) is 5.73. The molecule has 1 heterocycles. The lowest BCUT2D eigenvalue weighted by Crippen LogP contribution is -2.15. The predicted molar refractivity (Wildman–Crippen MR) is 94.3 cm³/mol. The van der Waals surface area contributed by atoms with Crippen LogP contribution >= 0.6 is 0 Å². The minimum atomic E-state index is -0.571. The quantitative estimate of drug-likeness (QED) is 0.385. The molecule has 0 saturated carbocycles. The highest BCUT2D eigenvalue weighted by Crippen LogP contribution is 2.19. The first-order valence-corrected chi connectivity index (χ1v) is 7.92. The Balaban J connectivity index is 1.63. The summed E-state index contributed by atoms with van der Waals surface area (Å²) in [6.45, 7) is 1.56. The van der Waals surface area contributed by atoms with Gasteiger partial charge >= 0.3 is 11.6 Å². The number of benzene rings is 2. The summed E-state index contributed by atoms with van der Waals surface area (Å²) in [6.07, 6.45) is 0.722. The van der Waals surface area contributed by atoms with Gasteiger partial charge in [0.25, 0.3) is 0 Å². The van der Waals surface area contributed by atoms with Gasteiger partial charge in [-0.3, -0.25) is 4.79 Å². The summed E-state index contributed by atoms with van der Waals surface area (Å²) in [6, 6.07) is 13.1. The smallest absolute Gasteiger partial charge is 0.344 e. The second-order valence-corrected chi connectivity index (χ2v) is 5.73. The Morgan fingerprint density at radius 3 is 2.62 bits per heavy atom. The molecule has 0 amide bonds. The molecule has 0 N–H and O–H groups in total. The molecule has 0 saturated heterocycles. The number of aryl methyl sites for hydroxylation is 1. The summed E-state index contributed by atoms with van der Waals surface area (Å²) >= 11 is 0. The molecule has 0 aliphatic rings. The summed E-state index contributed by atoms with van der Waals surface area (Å²) in [5.41, 5.74) is 2.00. The van der Waals surface area contributed by atoms with Crippen molar-refractivity contribution in [2.24, 2.45) is 0 Å². The van der Waals surface area contributed by atoms with Crippen LogP contribution in [0.25, 0.3) is 11.0 Å². The fourth-order valence-electron chi connectivity index (χ4n) is 2.44. The van der Waals surface area contributed by atoms with Gasteiger partial charge in [-0.05, 0) is 42.8 Å². The molecule has 0 bridgehead atoms. The molecule has 0 atom stereocenters. The number of esters is 1. The number of fused-ring (bicyclic) bond motifs is 1. The number of carbonyl (C=O) groups is 2. The van der Waals surface area contributed by atoms with Gasteiger partial charge in [-0.1, -0.05) is 12.1 Å². The Kier molecular flexibility index (Phi) is 5.12. The van der Waals surface area contributed by atoms with Gasteiger partial charge in [0, 0.05) is 22.6 Å². The third-order valence-corrected chi connectivity index (χ3v) is 3.75. The summed E-state index contributed by atoms with van der Waals surface area (Å²) in [5, 5.41) is 0.716. The van der Waals surface area contributed by atoms with E-state index in [0.717, 1.165) is 11.8 Å². The molecular weight excluding hydrogens is 336 g/mol. The van der Waals surface area contributed by atoms with Crippen molar-refractivity contribution in [2.45, 2.75) is 13.5 Å². The maximum atomic E-state index is 11.9. The zero-order valence-corrected chi connectivity index (χ0v) is 14.1. The lowest BCUT2D eigenvalue weighted by atomic mass is 10.1. The van der Waals surface area contributed by atoms with Crippen LogP contribution in [0, 0.1) is 6.92 Å². The highest BCUT2D eigenvalue weighted by atomic mass is 16.6. The molecule has 0 spiro atoms. The van der Waals surface area contributed by atoms with Gasteiger partial charge in [-0.15, -0.1) is 0 Å². The van der Waals surface area contributed by atoms with Crippen LogP contribution in [0.15, 0.2) is 57.7 Å². The van der Waals surface area contributed by atoms with Crippen LogP contribution in [0.2, 0.25) is 0 Å². The number of ether oxygens (including phenoxy) is 2. The van der Waals surface area contributed by atoms with Gasteiger partial charge in [0.2, 0.25) is 0 Å². The third-order valence-electron chi connectivity index (χ3n) is 3.75. The van der Waals surface area contributed by atoms with E-state index in [4.69, 9.17) is 13.9 Å². The lowest BCUT2D eigenvalue weighted by Gasteiger charge is -2.09. The van der Waals surface area contributed by atoms with Crippen LogP contribution in [0.4, 0.5) is 0 Å². The third kappa shape index (κ3) is 4.16. The van der Waals surface area contributed by atoms with Crippen LogP contribution in [0.5, 0.6) is 5.75 Å². The Labute approximate surface area is 149 Å². The fraction of sp³-hybridized carbons (Fsp3) is 0.150. The Hall–Kier alpha value is -3.41. The van der Waals surface area contributed by atoms with E-state index >= 15 is 0 Å². The van der Waals surface area contributed by atoms with Crippen molar-refractivity contribution >= 4 is 23.2 Å². The molecule has 0 fully saturated rings. The van der Waals surface area contributed by atoms with Crippen molar-refractivity contribution in [2.75, 3.05) is 6.61 Å². The highest BCUT2D eigenvalue weighted by Gasteiger charge is 2.10. The predicted octanol–water partition coefficient (Wildman–Crippen LogP) is 3.04. The van der Waals surface area contributed by atoms with E-state index in [9.17, 15) is 14.4 Å². The Morgan fingerprint density at radius 2 is 1.88 bits per heavy atom. The molecule has 0 aliphatic heterocycles. The first-order valence-electron chi connectivity index (χ1n) is 7.92. The van der Waals surface area contributed by atoms with Crippen LogP contribution < -0.4 is 10.4 Å². The molecule has 6 nitrogen and oxygen atoms in total. The first-order chi connectivity index (χ1) is 12.5. The summed E-state index contributed by atoms with van der Waals surface area (Å²) < 4.78 is 15.7. The van der Waals surface area contributed by atoms with Crippen LogP contribution in [-0.2, 0) is 16.1 Å². The van der Waals surface area contributed by atoms with Crippen LogP contribution in [-0.4, -0.2) is 18.9 Å². The maximum absolute atomic E-state index is 11.9. The topological polar surface area (TPSA) is 82.8 Å². The van der Waals surface area contributed by atoms with Crippen LogP contribution in [0.3, 0.4) is 0 Å². The molecule has 132 valence electrons. The van der Waals surface area contributed by atoms with E-state index in [-0.39, 0.29) is 13.2 Å². The van der Waals surface area contributed by atoms with Crippen molar-refractivity contribution in [1.82, 2.24) is 0 Å². The Morgan fingerprint density at radius 1 is 1.12 bits per heavy atom. The fourth-order valence-corrected chi connectivity index (χ4v) is 2.44. The monoisotopic (exact) mass is 352 g/mol. The van der Waals surface area contributed by atoms with E-state index in [1.54, 1.807) is 30.3 Å². The average Bonchev–Trinajstić information content (AvgIpc) is 2.64. The minimum Gasteiger partial charge on any atom is -0.482 e. The van der Waals surface area contributed by atoms with Crippen molar-refractivity contribution in [3.8, 4) is 5.75 Å². The van der Waals surface area contributed by atoms with Crippen molar-refractivity contribution in [3.05, 3.63) is 75.6 Å².